The Bertz CT molecular complexity index is 1230. The van der Waals surface area contributed by atoms with Crippen LogP contribution in [0.4, 0.5) is 5.82 Å². The lowest BCUT2D eigenvalue weighted by molar-refractivity contribution is 0.420. The van der Waals surface area contributed by atoms with Gasteiger partial charge in [0, 0.05) is 24.3 Å². The van der Waals surface area contributed by atoms with Crippen LogP contribution in [-0.4, -0.2) is 50.3 Å². The predicted molar refractivity (Wildman–Crippen MR) is 104 cm³/mol. The zero-order chi connectivity index (χ0) is 19.2. The summed E-state index contributed by atoms with van der Waals surface area (Å²) in [5, 5.41) is 5.08. The number of nitrogen functional groups attached to an aromatic ring is 1. The number of anilines is 1. The molecule has 0 spiro atoms. The number of hydrogen-bond donors (Lipinski definition) is 2. The third kappa shape index (κ3) is 3.13. The van der Waals surface area contributed by atoms with E-state index >= 15 is 0 Å². The van der Waals surface area contributed by atoms with E-state index in [1.807, 2.05) is 30.5 Å². The van der Waals surface area contributed by atoms with Crippen LogP contribution in [0.25, 0.3) is 27.6 Å². The molecule has 0 aliphatic heterocycles. The molecule has 1 aromatic carbocycles. The van der Waals surface area contributed by atoms with Gasteiger partial charge in [-0.15, -0.1) is 0 Å². The van der Waals surface area contributed by atoms with Gasteiger partial charge in [-0.25, -0.2) is 23.1 Å². The molecule has 140 valence electrons. The number of nitrogens with zero attached hydrogens (tertiary/aromatic N) is 5. The van der Waals surface area contributed by atoms with Gasteiger partial charge in [0.05, 0.1) is 29.5 Å². The number of imidazole rings is 1. The number of H-pyrrole nitrogens is 1. The molecular formula is C17H19N7O2S. The molecule has 0 saturated carbocycles. The standard InChI is InChI=1S/C17H19N7O2S/c1-3-23(27(2,25)26)10-14-21-15-12-6-5-11(24-8-4-7-19-24)9-13(12)20-17(18)16(15)22-14/h4-9H,3,10H2,1-2H3,(H2,18,20)(H,21,22). The Morgan fingerprint density at radius 2 is 2.11 bits per heavy atom. The largest absolute Gasteiger partial charge is 0.382 e. The van der Waals surface area contributed by atoms with Crippen molar-refractivity contribution >= 4 is 37.8 Å². The third-order valence-electron chi connectivity index (χ3n) is 4.40. The maximum absolute atomic E-state index is 11.9. The second kappa shape index (κ2) is 6.32. The van der Waals surface area contributed by atoms with E-state index in [2.05, 4.69) is 20.1 Å². The summed E-state index contributed by atoms with van der Waals surface area (Å²) in [6.45, 7) is 2.29. The van der Waals surface area contributed by atoms with Crippen molar-refractivity contribution in [3.05, 3.63) is 42.5 Å². The van der Waals surface area contributed by atoms with E-state index in [-0.39, 0.29) is 6.54 Å². The maximum atomic E-state index is 11.9. The van der Waals surface area contributed by atoms with E-state index in [4.69, 9.17) is 5.73 Å². The summed E-state index contributed by atoms with van der Waals surface area (Å²) in [4.78, 5) is 12.1. The second-order valence-corrected chi connectivity index (χ2v) is 8.23. The number of nitrogens with one attached hydrogen (secondary N) is 1. The highest BCUT2D eigenvalue weighted by Gasteiger charge is 2.18. The first-order valence-electron chi connectivity index (χ1n) is 8.40. The van der Waals surface area contributed by atoms with Crippen molar-refractivity contribution in [2.24, 2.45) is 0 Å². The lowest BCUT2D eigenvalue weighted by atomic mass is 10.1. The molecule has 0 aliphatic rings. The van der Waals surface area contributed by atoms with Crippen LogP contribution in [0.3, 0.4) is 0 Å². The number of fused-ring (bicyclic) bond motifs is 3. The number of hydrogen-bond acceptors (Lipinski definition) is 6. The molecule has 0 atom stereocenters. The molecule has 4 aromatic rings. The van der Waals surface area contributed by atoms with Gasteiger partial charge in [-0.1, -0.05) is 6.92 Å². The van der Waals surface area contributed by atoms with Gasteiger partial charge in [-0.3, -0.25) is 0 Å². The van der Waals surface area contributed by atoms with Crippen molar-refractivity contribution in [1.29, 1.82) is 0 Å². The number of benzene rings is 1. The van der Waals surface area contributed by atoms with E-state index in [1.54, 1.807) is 17.8 Å². The molecule has 3 N–H and O–H groups in total. The molecule has 3 heterocycles. The first kappa shape index (κ1) is 17.4. The van der Waals surface area contributed by atoms with Crippen LogP contribution in [0, 0.1) is 0 Å². The molecule has 0 saturated heterocycles. The molecule has 27 heavy (non-hydrogen) atoms. The maximum Gasteiger partial charge on any atom is 0.211 e. The Morgan fingerprint density at radius 3 is 2.78 bits per heavy atom. The summed E-state index contributed by atoms with van der Waals surface area (Å²) in [5.41, 5.74) is 8.96. The van der Waals surface area contributed by atoms with Crippen LogP contribution in [0.15, 0.2) is 36.7 Å². The molecule has 3 aromatic heterocycles. The third-order valence-corrected chi connectivity index (χ3v) is 5.73. The Balaban J connectivity index is 1.83. The Hall–Kier alpha value is -2.98. The van der Waals surface area contributed by atoms with Gasteiger partial charge in [-0.05, 0) is 24.3 Å². The van der Waals surface area contributed by atoms with Gasteiger partial charge >= 0.3 is 0 Å². The number of nitrogens with two attached hydrogens (primary N) is 1. The molecule has 0 radical (unpaired) electrons. The highest BCUT2D eigenvalue weighted by Crippen LogP contribution is 2.28. The Labute approximate surface area is 155 Å². The average molecular weight is 385 g/mol. The van der Waals surface area contributed by atoms with E-state index in [0.29, 0.717) is 29.2 Å². The highest BCUT2D eigenvalue weighted by molar-refractivity contribution is 7.88. The molecule has 0 unspecified atom stereocenters. The van der Waals surface area contributed by atoms with Crippen molar-refractivity contribution in [2.75, 3.05) is 18.5 Å². The Morgan fingerprint density at radius 1 is 1.30 bits per heavy atom. The van der Waals surface area contributed by atoms with Crippen molar-refractivity contribution in [2.45, 2.75) is 13.5 Å². The molecular weight excluding hydrogens is 366 g/mol. The summed E-state index contributed by atoms with van der Waals surface area (Å²) >= 11 is 0. The van der Waals surface area contributed by atoms with Gasteiger partial charge < -0.3 is 10.7 Å². The fraction of sp³-hybridized carbons (Fsp3) is 0.235. The smallest absolute Gasteiger partial charge is 0.211 e. The first-order chi connectivity index (χ1) is 12.9. The number of aromatic nitrogens is 5. The zero-order valence-corrected chi connectivity index (χ0v) is 15.7. The first-order valence-corrected chi connectivity index (χ1v) is 10.2. The molecule has 0 bridgehead atoms. The molecule has 9 nitrogen and oxygen atoms in total. The van der Waals surface area contributed by atoms with Gasteiger partial charge in [-0.2, -0.15) is 9.40 Å². The lowest BCUT2D eigenvalue weighted by Crippen LogP contribution is -2.29. The van der Waals surface area contributed by atoms with E-state index in [0.717, 1.165) is 16.6 Å². The fourth-order valence-corrected chi connectivity index (χ4v) is 3.90. The minimum absolute atomic E-state index is 0.149. The Kier molecular flexibility index (Phi) is 4.08. The fourth-order valence-electron chi connectivity index (χ4n) is 3.08. The highest BCUT2D eigenvalue weighted by atomic mass is 32.2. The second-order valence-electron chi connectivity index (χ2n) is 6.25. The monoisotopic (exact) mass is 385 g/mol. The van der Waals surface area contributed by atoms with Crippen LogP contribution >= 0.6 is 0 Å². The van der Waals surface area contributed by atoms with Crippen LogP contribution in [-0.2, 0) is 16.6 Å². The van der Waals surface area contributed by atoms with Gasteiger partial charge in [0.1, 0.15) is 11.3 Å². The summed E-state index contributed by atoms with van der Waals surface area (Å²) in [5.74, 6) is 0.814. The van der Waals surface area contributed by atoms with Crippen molar-refractivity contribution in [1.82, 2.24) is 29.0 Å². The normalized spacial score (nSPS) is 12.4. The average Bonchev–Trinajstić information content (AvgIpc) is 3.28. The summed E-state index contributed by atoms with van der Waals surface area (Å²) in [7, 11) is -3.32. The SMILES string of the molecule is CCN(Cc1nc2c(N)nc3cc(-n4cccn4)ccc3c2[nH]1)S(C)(=O)=O. The van der Waals surface area contributed by atoms with E-state index in [9.17, 15) is 8.42 Å². The van der Waals surface area contributed by atoms with Crippen LogP contribution < -0.4 is 5.73 Å². The van der Waals surface area contributed by atoms with Gasteiger partial charge in [0.2, 0.25) is 10.0 Å². The van der Waals surface area contributed by atoms with E-state index in [1.165, 1.54) is 10.6 Å². The number of aromatic amines is 1. The number of pyridine rings is 1. The van der Waals surface area contributed by atoms with Crippen LogP contribution in [0.2, 0.25) is 0 Å². The summed E-state index contributed by atoms with van der Waals surface area (Å²) < 4.78 is 26.8. The number of rotatable bonds is 5. The minimum Gasteiger partial charge on any atom is -0.382 e. The minimum atomic E-state index is -3.32. The van der Waals surface area contributed by atoms with E-state index < -0.39 is 10.0 Å². The van der Waals surface area contributed by atoms with Gasteiger partial charge in [0.15, 0.2) is 5.82 Å². The summed E-state index contributed by atoms with van der Waals surface area (Å²) in [6.07, 6.45) is 4.74. The quantitative estimate of drug-likeness (QED) is 0.539. The molecule has 0 amide bonds. The lowest BCUT2D eigenvalue weighted by Gasteiger charge is -2.15. The molecule has 4 rings (SSSR count). The van der Waals surface area contributed by atoms with Crippen molar-refractivity contribution < 1.29 is 8.42 Å². The van der Waals surface area contributed by atoms with Crippen molar-refractivity contribution in [3.63, 3.8) is 0 Å². The van der Waals surface area contributed by atoms with Gasteiger partial charge in [0.25, 0.3) is 0 Å². The zero-order valence-electron chi connectivity index (χ0n) is 14.9. The summed E-state index contributed by atoms with van der Waals surface area (Å²) in [6, 6.07) is 7.60. The topological polar surface area (TPSA) is 123 Å². The molecule has 0 aliphatic carbocycles. The number of sulfonamides is 1. The van der Waals surface area contributed by atoms with Crippen LogP contribution in [0.5, 0.6) is 0 Å². The predicted octanol–water partition coefficient (Wildman–Crippen LogP) is 1.66. The molecule has 10 heteroatoms. The van der Waals surface area contributed by atoms with Crippen LogP contribution in [0.1, 0.15) is 12.7 Å². The molecule has 0 fully saturated rings. The van der Waals surface area contributed by atoms with Crippen molar-refractivity contribution in [3.8, 4) is 5.69 Å².